The molecule has 0 aliphatic carbocycles. The highest BCUT2D eigenvalue weighted by atomic mass is 32.1. The third-order valence-corrected chi connectivity index (χ3v) is 8.40. The second kappa shape index (κ2) is 11.3. The molecule has 0 N–H and O–H groups in total. The van der Waals surface area contributed by atoms with Gasteiger partial charge in [-0.05, 0) is 77.7 Å². The zero-order chi connectivity index (χ0) is 26.6. The maximum absolute atomic E-state index is 13.8. The van der Waals surface area contributed by atoms with E-state index in [1.54, 1.807) is 28.4 Å². The molecule has 2 amide bonds. The van der Waals surface area contributed by atoms with Crippen LogP contribution in [-0.4, -0.2) is 40.7 Å². The molecule has 1 aromatic heterocycles. The van der Waals surface area contributed by atoms with E-state index in [9.17, 15) is 14.0 Å². The summed E-state index contributed by atoms with van der Waals surface area (Å²) in [6, 6.07) is 25.6. The van der Waals surface area contributed by atoms with Crippen molar-refractivity contribution in [1.82, 2.24) is 9.80 Å². The first-order valence-corrected chi connectivity index (χ1v) is 13.9. The Morgan fingerprint density at radius 1 is 0.974 bits per heavy atom. The Morgan fingerprint density at radius 2 is 1.66 bits per heavy atom. The van der Waals surface area contributed by atoms with Crippen LogP contribution in [0.5, 0.6) is 0 Å². The second-order valence-corrected chi connectivity index (χ2v) is 10.7. The van der Waals surface area contributed by atoms with E-state index in [0.29, 0.717) is 12.1 Å². The monoisotopic (exact) mass is 526 g/mol. The van der Waals surface area contributed by atoms with Crippen LogP contribution in [0.3, 0.4) is 0 Å². The third kappa shape index (κ3) is 5.27. The Bertz CT molecular complexity index is 1400. The van der Waals surface area contributed by atoms with Crippen LogP contribution in [0.2, 0.25) is 0 Å². The van der Waals surface area contributed by atoms with E-state index in [1.165, 1.54) is 17.0 Å². The molecule has 0 bridgehead atoms. The van der Waals surface area contributed by atoms with Crippen LogP contribution in [0.1, 0.15) is 52.7 Å². The van der Waals surface area contributed by atoms with Crippen LogP contribution in [0.25, 0.3) is 11.1 Å². The van der Waals surface area contributed by atoms with Gasteiger partial charge in [0, 0.05) is 23.0 Å². The van der Waals surface area contributed by atoms with E-state index < -0.39 is 0 Å². The van der Waals surface area contributed by atoms with Gasteiger partial charge in [0.15, 0.2) is 0 Å². The average molecular weight is 527 g/mol. The lowest BCUT2D eigenvalue weighted by Crippen LogP contribution is -2.49. The maximum atomic E-state index is 13.8. The summed E-state index contributed by atoms with van der Waals surface area (Å²) >= 11 is 1.69. The van der Waals surface area contributed by atoms with Crippen molar-refractivity contribution in [1.29, 1.82) is 0 Å². The SMILES string of the molecule is CCC(C)N(CC(=O)N1CCc2sccc2C1c1ccc(F)cc1)C(=O)c1ccc(-c2ccccc2)cc1. The minimum atomic E-state index is -0.306. The highest BCUT2D eigenvalue weighted by Crippen LogP contribution is 2.38. The summed E-state index contributed by atoms with van der Waals surface area (Å²) in [4.78, 5) is 32.3. The number of carbonyl (C=O) groups excluding carboxylic acids is 2. The molecule has 5 rings (SSSR count). The molecule has 0 saturated carbocycles. The molecular formula is C32H31FN2O2S. The van der Waals surface area contributed by atoms with Gasteiger partial charge >= 0.3 is 0 Å². The van der Waals surface area contributed by atoms with Gasteiger partial charge in [0.25, 0.3) is 5.91 Å². The Hall–Kier alpha value is -3.77. The van der Waals surface area contributed by atoms with Crippen molar-refractivity contribution in [3.8, 4) is 11.1 Å². The molecule has 3 aromatic carbocycles. The van der Waals surface area contributed by atoms with Crippen LogP contribution in [0.15, 0.2) is 90.3 Å². The predicted molar refractivity (Wildman–Crippen MR) is 151 cm³/mol. The minimum Gasteiger partial charge on any atom is -0.330 e. The van der Waals surface area contributed by atoms with Crippen LogP contribution in [-0.2, 0) is 11.2 Å². The summed E-state index contributed by atoms with van der Waals surface area (Å²) in [5, 5.41) is 2.04. The van der Waals surface area contributed by atoms with Crippen molar-refractivity contribution >= 4 is 23.2 Å². The molecule has 0 saturated heterocycles. The average Bonchev–Trinajstić information content (AvgIpc) is 3.45. The quantitative estimate of drug-likeness (QED) is 0.261. The molecule has 194 valence electrons. The molecule has 2 unspecified atom stereocenters. The van der Waals surface area contributed by atoms with Crippen molar-refractivity contribution < 1.29 is 14.0 Å². The highest BCUT2D eigenvalue weighted by Gasteiger charge is 2.34. The number of thiophene rings is 1. The van der Waals surface area contributed by atoms with Gasteiger partial charge in [-0.2, -0.15) is 0 Å². The lowest BCUT2D eigenvalue weighted by molar-refractivity contribution is -0.134. The van der Waals surface area contributed by atoms with Gasteiger partial charge in [-0.3, -0.25) is 9.59 Å². The molecule has 0 radical (unpaired) electrons. The fourth-order valence-corrected chi connectivity index (χ4v) is 5.98. The van der Waals surface area contributed by atoms with Crippen LogP contribution in [0.4, 0.5) is 4.39 Å². The summed E-state index contributed by atoms with van der Waals surface area (Å²) < 4.78 is 13.7. The third-order valence-electron chi connectivity index (χ3n) is 7.40. The highest BCUT2D eigenvalue weighted by molar-refractivity contribution is 7.10. The first-order valence-electron chi connectivity index (χ1n) is 13.0. The van der Waals surface area contributed by atoms with E-state index in [1.807, 2.05) is 78.7 Å². The fraction of sp³-hybridized carbons (Fsp3) is 0.250. The van der Waals surface area contributed by atoms with Crippen molar-refractivity contribution in [3.63, 3.8) is 0 Å². The first kappa shape index (κ1) is 25.9. The standard InChI is InChI=1S/C32H31FN2O2S/c1-3-22(2)35(32(37)26-11-9-24(10-12-26)23-7-5-4-6-8-23)21-30(36)34-19-17-29-28(18-20-38-29)31(34)25-13-15-27(33)16-14-25/h4-16,18,20,22,31H,3,17,19,21H2,1-2H3. The molecule has 0 spiro atoms. The van der Waals surface area contributed by atoms with Gasteiger partial charge in [-0.1, -0.05) is 61.5 Å². The summed E-state index contributed by atoms with van der Waals surface area (Å²) in [6.45, 7) is 4.55. The lowest BCUT2D eigenvalue weighted by atomic mass is 9.93. The van der Waals surface area contributed by atoms with Crippen molar-refractivity contribution in [3.05, 3.63) is 118 Å². The Morgan fingerprint density at radius 3 is 2.34 bits per heavy atom. The fourth-order valence-electron chi connectivity index (χ4n) is 5.08. The number of nitrogens with zero attached hydrogens (tertiary/aromatic N) is 2. The van der Waals surface area contributed by atoms with Gasteiger partial charge in [-0.15, -0.1) is 11.3 Å². The zero-order valence-electron chi connectivity index (χ0n) is 21.6. The normalized spacial score (nSPS) is 15.6. The first-order chi connectivity index (χ1) is 18.5. The van der Waals surface area contributed by atoms with Gasteiger partial charge in [-0.25, -0.2) is 4.39 Å². The molecular weight excluding hydrogens is 495 g/mol. The van der Waals surface area contributed by atoms with Gasteiger partial charge in [0.1, 0.15) is 12.4 Å². The van der Waals surface area contributed by atoms with Crippen molar-refractivity contribution in [2.45, 2.75) is 38.8 Å². The molecule has 4 aromatic rings. The van der Waals surface area contributed by atoms with E-state index in [4.69, 9.17) is 0 Å². The molecule has 0 fully saturated rings. The Balaban J connectivity index is 1.40. The summed E-state index contributed by atoms with van der Waals surface area (Å²) in [5.74, 6) is -0.565. The Labute approximate surface area is 227 Å². The molecule has 38 heavy (non-hydrogen) atoms. The van der Waals surface area contributed by atoms with Crippen LogP contribution < -0.4 is 0 Å². The van der Waals surface area contributed by atoms with Crippen molar-refractivity contribution in [2.75, 3.05) is 13.1 Å². The number of fused-ring (bicyclic) bond motifs is 1. The second-order valence-electron chi connectivity index (χ2n) is 9.72. The molecule has 2 heterocycles. The number of carbonyl (C=O) groups is 2. The largest absolute Gasteiger partial charge is 0.330 e. The smallest absolute Gasteiger partial charge is 0.254 e. The van der Waals surface area contributed by atoms with E-state index >= 15 is 0 Å². The summed E-state index contributed by atoms with van der Waals surface area (Å²) in [5.41, 5.74) is 4.64. The topological polar surface area (TPSA) is 40.6 Å². The number of amides is 2. The van der Waals surface area contributed by atoms with E-state index in [-0.39, 0.29) is 36.3 Å². The number of benzene rings is 3. The molecule has 6 heteroatoms. The number of rotatable bonds is 7. The number of hydrogen-bond acceptors (Lipinski definition) is 3. The van der Waals surface area contributed by atoms with Crippen LogP contribution in [0, 0.1) is 5.82 Å². The lowest BCUT2D eigenvalue weighted by Gasteiger charge is -2.38. The molecule has 2 atom stereocenters. The number of halogens is 1. The summed E-state index contributed by atoms with van der Waals surface area (Å²) in [7, 11) is 0. The van der Waals surface area contributed by atoms with Gasteiger partial charge < -0.3 is 9.80 Å². The van der Waals surface area contributed by atoms with Crippen LogP contribution >= 0.6 is 11.3 Å². The molecule has 1 aliphatic rings. The minimum absolute atomic E-state index is 0.00849. The van der Waals surface area contributed by atoms with Crippen molar-refractivity contribution in [2.24, 2.45) is 0 Å². The molecule has 4 nitrogen and oxygen atoms in total. The predicted octanol–water partition coefficient (Wildman–Crippen LogP) is 6.97. The molecule has 1 aliphatic heterocycles. The van der Waals surface area contributed by atoms with E-state index in [2.05, 4.69) is 6.07 Å². The Kier molecular flexibility index (Phi) is 7.70. The summed E-state index contributed by atoms with van der Waals surface area (Å²) in [6.07, 6.45) is 1.51. The maximum Gasteiger partial charge on any atom is 0.254 e. The van der Waals surface area contributed by atoms with E-state index in [0.717, 1.165) is 35.1 Å². The zero-order valence-corrected chi connectivity index (χ0v) is 22.5. The number of hydrogen-bond donors (Lipinski definition) is 0. The van der Waals surface area contributed by atoms with Gasteiger partial charge in [0.05, 0.1) is 6.04 Å². The van der Waals surface area contributed by atoms with Gasteiger partial charge in [0.2, 0.25) is 5.91 Å².